The molecule has 0 spiro atoms. The highest BCUT2D eigenvalue weighted by atomic mass is 16.5. The Balaban J connectivity index is 2.01. The lowest BCUT2D eigenvalue weighted by atomic mass is 10.2. The Morgan fingerprint density at radius 3 is 3.00 bits per heavy atom. The van der Waals surface area contributed by atoms with Gasteiger partial charge in [-0.25, -0.2) is 14.8 Å². The molecule has 1 aromatic heterocycles. The number of anilines is 1. The summed E-state index contributed by atoms with van der Waals surface area (Å²) in [6, 6.07) is 1.84. The summed E-state index contributed by atoms with van der Waals surface area (Å²) in [5.41, 5.74) is 0.674. The van der Waals surface area contributed by atoms with E-state index in [1.54, 1.807) is 13.0 Å². The minimum atomic E-state index is -0.569. The fourth-order valence-electron chi connectivity index (χ4n) is 1.90. The van der Waals surface area contributed by atoms with Crippen LogP contribution in [0.5, 0.6) is 0 Å². The van der Waals surface area contributed by atoms with Gasteiger partial charge in [-0.05, 0) is 13.3 Å². The molecular weight excluding hydrogens is 248 g/mol. The quantitative estimate of drug-likeness (QED) is 0.758. The summed E-state index contributed by atoms with van der Waals surface area (Å²) in [4.78, 5) is 30.5. The molecule has 0 saturated carbocycles. The average molecular weight is 264 g/mol. The molecule has 1 fully saturated rings. The predicted molar refractivity (Wildman–Crippen MR) is 67.8 cm³/mol. The molecule has 7 nitrogen and oxygen atoms in total. The number of carbonyl (C=O) groups is 2. The second kappa shape index (κ2) is 5.64. The topological polar surface area (TPSA) is 93.2 Å². The van der Waals surface area contributed by atoms with Crippen molar-refractivity contribution < 1.29 is 14.3 Å². The monoisotopic (exact) mass is 264 g/mol. The largest absolute Gasteiger partial charge is 0.463 e. The van der Waals surface area contributed by atoms with E-state index in [-0.39, 0.29) is 17.8 Å². The van der Waals surface area contributed by atoms with Crippen LogP contribution in [0.3, 0.4) is 0 Å². The highest BCUT2D eigenvalue weighted by Gasteiger charge is 2.20. The maximum Gasteiger partial charge on any atom is 0.376 e. The van der Waals surface area contributed by atoms with E-state index in [1.807, 2.05) is 0 Å². The van der Waals surface area contributed by atoms with E-state index in [0.29, 0.717) is 24.5 Å². The van der Waals surface area contributed by atoms with Gasteiger partial charge in [-0.2, -0.15) is 0 Å². The first-order chi connectivity index (χ1) is 9.08. The Morgan fingerprint density at radius 1 is 1.58 bits per heavy atom. The van der Waals surface area contributed by atoms with Gasteiger partial charge >= 0.3 is 5.97 Å². The van der Waals surface area contributed by atoms with Crippen molar-refractivity contribution in [1.29, 1.82) is 0 Å². The molecule has 0 radical (unpaired) electrons. The molecule has 102 valence electrons. The first-order valence-corrected chi connectivity index (χ1v) is 6.05. The zero-order chi connectivity index (χ0) is 13.8. The van der Waals surface area contributed by atoms with Crippen LogP contribution < -0.4 is 10.6 Å². The minimum absolute atomic E-state index is 0.0282. The molecule has 0 aliphatic carbocycles. The van der Waals surface area contributed by atoms with E-state index in [4.69, 9.17) is 0 Å². The van der Waals surface area contributed by atoms with Gasteiger partial charge in [-0.3, -0.25) is 4.79 Å². The summed E-state index contributed by atoms with van der Waals surface area (Å²) in [6.45, 7) is 2.35. The Bertz CT molecular complexity index is 504. The molecule has 19 heavy (non-hydrogen) atoms. The van der Waals surface area contributed by atoms with Crippen LogP contribution in [0.2, 0.25) is 0 Å². The highest BCUT2D eigenvalue weighted by Crippen LogP contribution is 2.10. The van der Waals surface area contributed by atoms with Gasteiger partial charge in [-0.15, -0.1) is 0 Å². The summed E-state index contributed by atoms with van der Waals surface area (Å²) < 4.78 is 4.59. The van der Waals surface area contributed by atoms with Gasteiger partial charge in [0.2, 0.25) is 11.7 Å². The smallest absolute Gasteiger partial charge is 0.376 e. The molecule has 1 aromatic rings. The van der Waals surface area contributed by atoms with Crippen molar-refractivity contribution in [2.45, 2.75) is 25.8 Å². The van der Waals surface area contributed by atoms with Crippen LogP contribution in [0, 0.1) is 6.92 Å². The van der Waals surface area contributed by atoms with Crippen LogP contribution in [-0.4, -0.2) is 41.5 Å². The number of nitrogens with one attached hydrogen (secondary N) is 2. The van der Waals surface area contributed by atoms with Gasteiger partial charge in [0.15, 0.2) is 0 Å². The number of rotatable bonds is 4. The van der Waals surface area contributed by atoms with Gasteiger partial charge in [0, 0.05) is 30.8 Å². The van der Waals surface area contributed by atoms with Crippen molar-refractivity contribution in [3.63, 3.8) is 0 Å². The normalized spacial score (nSPS) is 18.0. The second-order valence-electron chi connectivity index (χ2n) is 4.39. The molecule has 1 aliphatic heterocycles. The summed E-state index contributed by atoms with van der Waals surface area (Å²) in [7, 11) is 1.29. The number of hydrogen-bond donors (Lipinski definition) is 2. The van der Waals surface area contributed by atoms with E-state index < -0.39 is 5.97 Å². The number of nitrogens with zero attached hydrogens (tertiary/aromatic N) is 2. The average Bonchev–Trinajstić information content (AvgIpc) is 2.80. The minimum Gasteiger partial charge on any atom is -0.463 e. The van der Waals surface area contributed by atoms with Crippen molar-refractivity contribution in [1.82, 2.24) is 15.3 Å². The molecule has 2 rings (SSSR count). The number of ether oxygens (including phenoxy) is 1. The van der Waals surface area contributed by atoms with E-state index in [2.05, 4.69) is 25.3 Å². The molecule has 2 N–H and O–H groups in total. The van der Waals surface area contributed by atoms with Gasteiger partial charge < -0.3 is 15.4 Å². The summed E-state index contributed by atoms with van der Waals surface area (Å²) in [5.74, 6) is 0.0799. The number of esters is 1. The molecule has 7 heteroatoms. The van der Waals surface area contributed by atoms with E-state index in [9.17, 15) is 9.59 Å². The van der Waals surface area contributed by atoms with Crippen LogP contribution in [0.4, 0.5) is 5.82 Å². The third-order valence-corrected chi connectivity index (χ3v) is 2.84. The Labute approximate surface area is 110 Å². The highest BCUT2D eigenvalue weighted by molar-refractivity contribution is 5.85. The summed E-state index contributed by atoms with van der Waals surface area (Å²) in [5, 5.41) is 5.94. The number of carbonyl (C=O) groups excluding carboxylic acids is 2. The first-order valence-electron chi connectivity index (χ1n) is 6.05. The van der Waals surface area contributed by atoms with Crippen LogP contribution in [-0.2, 0) is 9.53 Å². The lowest BCUT2D eigenvalue weighted by Crippen LogP contribution is -2.32. The third kappa shape index (κ3) is 3.40. The fraction of sp³-hybridized carbons (Fsp3) is 0.500. The Hall–Kier alpha value is -2.18. The fourth-order valence-corrected chi connectivity index (χ4v) is 1.90. The lowest BCUT2D eigenvalue weighted by Gasteiger charge is -2.12. The van der Waals surface area contributed by atoms with Crippen LogP contribution in [0.1, 0.15) is 29.2 Å². The van der Waals surface area contributed by atoms with Gasteiger partial charge in [-0.1, -0.05) is 0 Å². The van der Waals surface area contributed by atoms with Crippen LogP contribution in [0.15, 0.2) is 6.07 Å². The van der Waals surface area contributed by atoms with Crippen molar-refractivity contribution in [2.75, 3.05) is 19.0 Å². The van der Waals surface area contributed by atoms with Crippen molar-refractivity contribution in [3.8, 4) is 0 Å². The molecule has 1 saturated heterocycles. The van der Waals surface area contributed by atoms with Gasteiger partial charge in [0.1, 0.15) is 5.82 Å². The SMILES string of the molecule is COC(=O)c1nc(C)cc(NCC2CCC(=O)N2)n1. The zero-order valence-corrected chi connectivity index (χ0v) is 10.9. The predicted octanol–water partition coefficient (Wildman–Crippen LogP) is 0.262. The number of aryl methyl sites for hydroxylation is 1. The Morgan fingerprint density at radius 2 is 2.37 bits per heavy atom. The molecule has 0 aromatic carbocycles. The molecule has 2 heterocycles. The molecular formula is C12H16N4O3. The van der Waals surface area contributed by atoms with Crippen LogP contribution >= 0.6 is 0 Å². The number of methoxy groups -OCH3 is 1. The number of amides is 1. The van der Waals surface area contributed by atoms with E-state index >= 15 is 0 Å². The van der Waals surface area contributed by atoms with Crippen molar-refractivity contribution >= 4 is 17.7 Å². The summed E-state index contributed by atoms with van der Waals surface area (Å²) in [6.07, 6.45) is 1.36. The number of hydrogen-bond acceptors (Lipinski definition) is 6. The van der Waals surface area contributed by atoms with E-state index in [1.165, 1.54) is 7.11 Å². The number of aromatic nitrogens is 2. The second-order valence-corrected chi connectivity index (χ2v) is 4.39. The zero-order valence-electron chi connectivity index (χ0n) is 10.9. The molecule has 1 unspecified atom stereocenters. The maximum absolute atomic E-state index is 11.4. The van der Waals surface area contributed by atoms with Gasteiger partial charge in [0.25, 0.3) is 0 Å². The maximum atomic E-state index is 11.4. The summed E-state index contributed by atoms with van der Waals surface area (Å²) >= 11 is 0. The molecule has 1 amide bonds. The van der Waals surface area contributed by atoms with Crippen LogP contribution in [0.25, 0.3) is 0 Å². The van der Waals surface area contributed by atoms with E-state index in [0.717, 1.165) is 6.42 Å². The lowest BCUT2D eigenvalue weighted by molar-refractivity contribution is -0.119. The standard InChI is InChI=1S/C12H16N4O3/c1-7-5-9(16-11(14-7)12(18)19-2)13-6-8-3-4-10(17)15-8/h5,8H,3-4,6H2,1-2H3,(H,15,17)(H,13,14,16). The first kappa shape index (κ1) is 13.3. The third-order valence-electron chi connectivity index (χ3n) is 2.84. The van der Waals surface area contributed by atoms with Crippen molar-refractivity contribution in [3.05, 3.63) is 17.6 Å². The van der Waals surface area contributed by atoms with Gasteiger partial charge in [0.05, 0.1) is 7.11 Å². The Kier molecular flexibility index (Phi) is 3.94. The van der Waals surface area contributed by atoms with Crippen molar-refractivity contribution in [2.24, 2.45) is 0 Å². The molecule has 0 bridgehead atoms. The molecule has 1 atom stereocenters. The molecule has 1 aliphatic rings.